The summed E-state index contributed by atoms with van der Waals surface area (Å²) in [6.45, 7) is 13.0. The molecule has 0 radical (unpaired) electrons. The highest BCUT2D eigenvalue weighted by Gasteiger charge is 2.36. The third kappa shape index (κ3) is 9.39. The molecule has 0 aliphatic rings. The van der Waals surface area contributed by atoms with E-state index in [1.807, 2.05) is 27.7 Å². The van der Waals surface area contributed by atoms with E-state index < -0.39 is 35.2 Å². The number of rotatable bonds is 8. The molecule has 33 heavy (non-hydrogen) atoms. The summed E-state index contributed by atoms with van der Waals surface area (Å²) in [5.41, 5.74) is 0.0625. The number of carbonyl (C=O) groups is 3. The second-order valence-corrected chi connectivity index (χ2v) is 10.2. The molecule has 0 aliphatic carbocycles. The van der Waals surface area contributed by atoms with Crippen molar-refractivity contribution in [3.05, 3.63) is 35.4 Å². The number of alkyl carbamates (subject to hydrolysis) is 1. The topological polar surface area (TPSA) is 87.7 Å². The standard InChI is InChI=1S/C25H37N3O4S/c1-9-15-28(22(30)19(16-33)26-23(31)32-25(6,7)8)20(21(29)27-24(3,4)5)18-13-11-17(10-2)12-14-18/h2,11-14,19-20,33H,9,15-16H2,1,3-8H3,(H,26,31)(H,27,29). The quantitative estimate of drug-likeness (QED) is 0.395. The zero-order chi connectivity index (χ0) is 25.4. The van der Waals surface area contributed by atoms with Crippen LogP contribution in [0, 0.1) is 12.3 Å². The first-order valence-corrected chi connectivity index (χ1v) is 11.6. The lowest BCUT2D eigenvalue weighted by molar-refractivity contribution is -0.142. The van der Waals surface area contributed by atoms with E-state index in [-0.39, 0.29) is 11.7 Å². The molecule has 2 atom stereocenters. The van der Waals surface area contributed by atoms with Gasteiger partial charge in [-0.2, -0.15) is 12.6 Å². The number of hydrogen-bond acceptors (Lipinski definition) is 5. The maximum atomic E-state index is 13.6. The first-order valence-electron chi connectivity index (χ1n) is 11.0. The number of nitrogens with one attached hydrogen (secondary N) is 2. The van der Waals surface area contributed by atoms with Gasteiger partial charge in [0, 0.05) is 23.4 Å². The van der Waals surface area contributed by atoms with Gasteiger partial charge >= 0.3 is 6.09 Å². The van der Waals surface area contributed by atoms with Crippen molar-refractivity contribution in [3.8, 4) is 12.3 Å². The Morgan fingerprint density at radius 2 is 1.70 bits per heavy atom. The van der Waals surface area contributed by atoms with Crippen LogP contribution >= 0.6 is 12.6 Å². The molecule has 0 aliphatic heterocycles. The SMILES string of the molecule is C#Cc1ccc(C(C(=O)NC(C)(C)C)N(CCC)C(=O)C(CS)NC(=O)OC(C)(C)C)cc1. The van der Waals surface area contributed by atoms with Gasteiger partial charge in [-0.1, -0.05) is 25.0 Å². The van der Waals surface area contributed by atoms with Crippen LogP contribution in [-0.4, -0.2) is 52.3 Å². The van der Waals surface area contributed by atoms with Gasteiger partial charge in [-0.15, -0.1) is 6.42 Å². The zero-order valence-corrected chi connectivity index (χ0v) is 21.6. The summed E-state index contributed by atoms with van der Waals surface area (Å²) in [7, 11) is 0. The fraction of sp³-hybridized carbons (Fsp3) is 0.560. The van der Waals surface area contributed by atoms with Crippen LogP contribution < -0.4 is 10.6 Å². The minimum Gasteiger partial charge on any atom is -0.444 e. The summed E-state index contributed by atoms with van der Waals surface area (Å²) in [6.07, 6.45) is 5.36. The van der Waals surface area contributed by atoms with Gasteiger partial charge in [-0.05, 0) is 65.7 Å². The summed E-state index contributed by atoms with van der Waals surface area (Å²) >= 11 is 4.27. The number of hydrogen-bond donors (Lipinski definition) is 3. The average molecular weight is 476 g/mol. The molecule has 1 aromatic rings. The molecule has 0 fully saturated rings. The van der Waals surface area contributed by atoms with E-state index in [1.165, 1.54) is 4.90 Å². The molecular formula is C25H37N3O4S. The van der Waals surface area contributed by atoms with E-state index in [4.69, 9.17) is 11.2 Å². The highest BCUT2D eigenvalue weighted by Crippen LogP contribution is 2.24. The van der Waals surface area contributed by atoms with Gasteiger partial charge in [0.1, 0.15) is 17.7 Å². The molecule has 0 saturated carbocycles. The molecule has 0 spiro atoms. The summed E-state index contributed by atoms with van der Waals surface area (Å²) in [5.74, 6) is 1.85. The van der Waals surface area contributed by atoms with Crippen molar-refractivity contribution in [1.82, 2.24) is 15.5 Å². The van der Waals surface area contributed by atoms with E-state index in [1.54, 1.807) is 45.0 Å². The maximum absolute atomic E-state index is 13.6. The number of terminal acetylenes is 1. The highest BCUT2D eigenvalue weighted by atomic mass is 32.1. The summed E-state index contributed by atoms with van der Waals surface area (Å²) in [6, 6.07) is 5.08. The van der Waals surface area contributed by atoms with Gasteiger partial charge in [0.05, 0.1) is 0 Å². The number of thiol groups is 1. The Labute approximate surface area is 203 Å². The lowest BCUT2D eigenvalue weighted by Crippen LogP contribution is -2.55. The van der Waals surface area contributed by atoms with Crippen LogP contribution in [0.4, 0.5) is 4.79 Å². The van der Waals surface area contributed by atoms with Gasteiger partial charge in [-0.25, -0.2) is 4.79 Å². The summed E-state index contributed by atoms with van der Waals surface area (Å²) < 4.78 is 5.29. The molecule has 0 bridgehead atoms. The Morgan fingerprint density at radius 1 is 1.12 bits per heavy atom. The van der Waals surface area contributed by atoms with Crippen molar-refractivity contribution < 1.29 is 19.1 Å². The Balaban J connectivity index is 3.37. The van der Waals surface area contributed by atoms with Crippen LogP contribution in [-0.2, 0) is 14.3 Å². The molecule has 3 amide bonds. The van der Waals surface area contributed by atoms with Crippen molar-refractivity contribution in [2.75, 3.05) is 12.3 Å². The molecule has 0 heterocycles. The number of benzene rings is 1. The molecular weight excluding hydrogens is 438 g/mol. The predicted molar refractivity (Wildman–Crippen MR) is 134 cm³/mol. The Morgan fingerprint density at radius 3 is 2.12 bits per heavy atom. The second-order valence-electron chi connectivity index (χ2n) is 9.82. The number of nitrogens with zero attached hydrogens (tertiary/aromatic N) is 1. The van der Waals surface area contributed by atoms with Crippen LogP contribution in [0.5, 0.6) is 0 Å². The van der Waals surface area contributed by atoms with Gasteiger partial charge in [0.25, 0.3) is 0 Å². The van der Waals surface area contributed by atoms with Crippen molar-refractivity contribution in [2.45, 2.75) is 78.1 Å². The Bertz CT molecular complexity index is 864. The van der Waals surface area contributed by atoms with Gasteiger partial charge in [0.2, 0.25) is 11.8 Å². The van der Waals surface area contributed by atoms with Crippen LogP contribution in [0.25, 0.3) is 0 Å². The number of ether oxygens (including phenoxy) is 1. The van der Waals surface area contributed by atoms with Crippen molar-refractivity contribution >= 4 is 30.5 Å². The molecule has 7 nitrogen and oxygen atoms in total. The largest absolute Gasteiger partial charge is 0.444 e. The minimum absolute atomic E-state index is 0.0436. The second kappa shape index (κ2) is 12.0. The Hall–Kier alpha value is -2.66. The van der Waals surface area contributed by atoms with Gasteiger partial charge < -0.3 is 20.3 Å². The number of amides is 3. The Kier molecular flexibility index (Phi) is 10.3. The minimum atomic E-state index is -0.968. The van der Waals surface area contributed by atoms with E-state index in [2.05, 4.69) is 29.2 Å². The van der Waals surface area contributed by atoms with E-state index in [0.29, 0.717) is 24.1 Å². The zero-order valence-electron chi connectivity index (χ0n) is 20.7. The summed E-state index contributed by atoms with van der Waals surface area (Å²) in [5, 5.41) is 5.55. The van der Waals surface area contributed by atoms with Crippen LogP contribution in [0.2, 0.25) is 0 Å². The molecule has 0 saturated heterocycles. The first kappa shape index (κ1) is 28.4. The predicted octanol–water partition coefficient (Wildman–Crippen LogP) is 3.69. The third-order valence-corrected chi connectivity index (χ3v) is 4.74. The normalized spacial score (nSPS) is 13.3. The molecule has 2 unspecified atom stereocenters. The fourth-order valence-corrected chi connectivity index (χ4v) is 3.36. The lowest BCUT2D eigenvalue weighted by atomic mass is 9.99. The monoisotopic (exact) mass is 475 g/mol. The molecule has 182 valence electrons. The van der Waals surface area contributed by atoms with Crippen molar-refractivity contribution in [2.24, 2.45) is 0 Å². The van der Waals surface area contributed by atoms with Crippen LogP contribution in [0.1, 0.15) is 72.1 Å². The molecule has 1 aromatic carbocycles. The van der Waals surface area contributed by atoms with E-state index in [0.717, 1.165) is 0 Å². The molecule has 8 heteroatoms. The van der Waals surface area contributed by atoms with Crippen molar-refractivity contribution in [1.29, 1.82) is 0 Å². The third-order valence-electron chi connectivity index (χ3n) is 4.37. The summed E-state index contributed by atoms with van der Waals surface area (Å²) in [4.78, 5) is 40.7. The fourth-order valence-electron chi connectivity index (χ4n) is 3.12. The number of carbonyl (C=O) groups excluding carboxylic acids is 3. The van der Waals surface area contributed by atoms with Crippen LogP contribution in [0.3, 0.4) is 0 Å². The smallest absolute Gasteiger partial charge is 0.408 e. The maximum Gasteiger partial charge on any atom is 0.408 e. The first-order chi connectivity index (χ1) is 15.2. The van der Waals surface area contributed by atoms with Crippen molar-refractivity contribution in [3.63, 3.8) is 0 Å². The molecule has 0 aromatic heterocycles. The average Bonchev–Trinajstić information content (AvgIpc) is 2.69. The lowest BCUT2D eigenvalue weighted by Gasteiger charge is -2.35. The van der Waals surface area contributed by atoms with Crippen LogP contribution in [0.15, 0.2) is 24.3 Å². The van der Waals surface area contributed by atoms with E-state index in [9.17, 15) is 14.4 Å². The highest BCUT2D eigenvalue weighted by molar-refractivity contribution is 7.80. The van der Waals surface area contributed by atoms with E-state index >= 15 is 0 Å². The molecule has 2 N–H and O–H groups in total. The van der Waals surface area contributed by atoms with Gasteiger partial charge in [0.15, 0.2) is 0 Å². The van der Waals surface area contributed by atoms with Gasteiger partial charge in [-0.3, -0.25) is 9.59 Å². The molecule has 1 rings (SSSR count).